The van der Waals surface area contributed by atoms with Gasteiger partial charge < -0.3 is 4.90 Å². The normalized spacial score (nSPS) is 18.3. The molecular weight excluding hydrogens is 184 g/mol. The van der Waals surface area contributed by atoms with Gasteiger partial charge in [-0.25, -0.2) is 0 Å². The van der Waals surface area contributed by atoms with E-state index < -0.39 is 0 Å². The molecule has 0 aromatic carbocycles. The third kappa shape index (κ3) is 4.22. The molecule has 15 heavy (non-hydrogen) atoms. The Balaban J connectivity index is 2.17. The van der Waals surface area contributed by atoms with Gasteiger partial charge in [0.15, 0.2) is 0 Å². The summed E-state index contributed by atoms with van der Waals surface area (Å²) in [7, 11) is 2.23. The van der Waals surface area contributed by atoms with E-state index in [0.29, 0.717) is 0 Å². The van der Waals surface area contributed by atoms with Crippen LogP contribution in [-0.2, 0) is 0 Å². The van der Waals surface area contributed by atoms with Crippen LogP contribution in [0.1, 0.15) is 52.4 Å². The molecule has 0 atom stereocenters. The summed E-state index contributed by atoms with van der Waals surface area (Å²) in [6.07, 6.45) is 7.71. The highest BCUT2D eigenvalue weighted by atomic mass is 15.1. The van der Waals surface area contributed by atoms with E-state index >= 15 is 0 Å². The fourth-order valence-electron chi connectivity index (χ4n) is 2.35. The topological polar surface area (TPSA) is 27.0 Å². The maximum Gasteiger partial charge on any atom is 0.0683 e. The Hall–Kier alpha value is -0.550. The summed E-state index contributed by atoms with van der Waals surface area (Å²) in [5.74, 6) is 0. The smallest absolute Gasteiger partial charge is 0.0683 e. The first kappa shape index (κ1) is 12.5. The van der Waals surface area contributed by atoms with Crippen LogP contribution in [0.15, 0.2) is 0 Å². The van der Waals surface area contributed by atoms with Gasteiger partial charge in [0, 0.05) is 6.04 Å². The molecular formula is C13H24N2. The van der Waals surface area contributed by atoms with Crippen molar-refractivity contribution in [2.24, 2.45) is 5.41 Å². The fourth-order valence-corrected chi connectivity index (χ4v) is 2.35. The summed E-state index contributed by atoms with van der Waals surface area (Å²) in [6.45, 7) is 5.21. The average molecular weight is 208 g/mol. The molecule has 0 bridgehead atoms. The molecule has 0 radical (unpaired) electrons. The molecule has 86 valence electrons. The third-order valence-corrected chi connectivity index (χ3v) is 3.56. The molecule has 0 amide bonds. The molecule has 1 fully saturated rings. The number of rotatable bonds is 5. The number of nitriles is 1. The van der Waals surface area contributed by atoms with Crippen molar-refractivity contribution in [3.8, 4) is 6.07 Å². The van der Waals surface area contributed by atoms with Crippen molar-refractivity contribution in [3.63, 3.8) is 0 Å². The van der Waals surface area contributed by atoms with Crippen LogP contribution in [0.5, 0.6) is 0 Å². The largest absolute Gasteiger partial charge is 0.303 e. The lowest BCUT2D eigenvalue weighted by atomic mass is 9.90. The van der Waals surface area contributed by atoms with Gasteiger partial charge in [-0.05, 0) is 53.1 Å². The molecule has 0 unspecified atom stereocenters. The van der Waals surface area contributed by atoms with Crippen molar-refractivity contribution in [2.45, 2.75) is 58.4 Å². The standard InChI is InChI=1S/C13H24N2/c1-13(2,11-14)9-6-10-15(3)12-7-4-5-8-12/h12H,4-10H2,1-3H3. The second-order valence-electron chi connectivity index (χ2n) is 5.52. The van der Waals surface area contributed by atoms with Crippen molar-refractivity contribution in [1.82, 2.24) is 4.90 Å². The highest BCUT2D eigenvalue weighted by molar-refractivity contribution is 4.91. The van der Waals surface area contributed by atoms with Crippen LogP contribution in [-0.4, -0.2) is 24.5 Å². The molecule has 1 saturated carbocycles. The number of hydrogen-bond acceptors (Lipinski definition) is 2. The van der Waals surface area contributed by atoms with Crippen LogP contribution < -0.4 is 0 Å². The summed E-state index contributed by atoms with van der Waals surface area (Å²) in [5.41, 5.74) is -0.142. The highest BCUT2D eigenvalue weighted by Gasteiger charge is 2.20. The Labute approximate surface area is 94.3 Å². The molecule has 0 spiro atoms. The third-order valence-electron chi connectivity index (χ3n) is 3.56. The SMILES string of the molecule is CN(CCCC(C)(C)C#N)C1CCCC1. The predicted octanol–water partition coefficient (Wildman–Crippen LogP) is 3.19. The minimum atomic E-state index is -0.142. The average Bonchev–Trinajstić information content (AvgIpc) is 2.70. The van der Waals surface area contributed by atoms with Gasteiger partial charge in [-0.3, -0.25) is 0 Å². The Morgan fingerprint density at radius 3 is 2.47 bits per heavy atom. The molecule has 0 aromatic heterocycles. The lowest BCUT2D eigenvalue weighted by molar-refractivity contribution is 0.232. The van der Waals surface area contributed by atoms with E-state index in [9.17, 15) is 0 Å². The molecule has 0 saturated heterocycles. The number of hydrogen-bond donors (Lipinski definition) is 0. The lowest BCUT2D eigenvalue weighted by Gasteiger charge is -2.25. The highest BCUT2D eigenvalue weighted by Crippen LogP contribution is 2.24. The van der Waals surface area contributed by atoms with Crippen molar-refractivity contribution in [2.75, 3.05) is 13.6 Å². The molecule has 0 heterocycles. The van der Waals surface area contributed by atoms with Gasteiger partial charge in [-0.2, -0.15) is 5.26 Å². The molecule has 2 nitrogen and oxygen atoms in total. The van der Waals surface area contributed by atoms with Crippen LogP contribution in [0, 0.1) is 16.7 Å². The zero-order chi connectivity index (χ0) is 11.3. The summed E-state index contributed by atoms with van der Waals surface area (Å²) < 4.78 is 0. The van der Waals surface area contributed by atoms with Crippen LogP contribution in [0.25, 0.3) is 0 Å². The van der Waals surface area contributed by atoms with E-state index in [4.69, 9.17) is 5.26 Å². The molecule has 0 aliphatic heterocycles. The van der Waals surface area contributed by atoms with Crippen LogP contribution in [0.4, 0.5) is 0 Å². The van der Waals surface area contributed by atoms with E-state index in [1.54, 1.807) is 0 Å². The fraction of sp³-hybridized carbons (Fsp3) is 0.923. The van der Waals surface area contributed by atoms with Crippen molar-refractivity contribution in [3.05, 3.63) is 0 Å². The molecule has 1 rings (SSSR count). The zero-order valence-corrected chi connectivity index (χ0v) is 10.4. The monoisotopic (exact) mass is 208 g/mol. The van der Waals surface area contributed by atoms with E-state index in [0.717, 1.165) is 25.4 Å². The van der Waals surface area contributed by atoms with E-state index in [1.807, 2.05) is 13.8 Å². The van der Waals surface area contributed by atoms with Gasteiger partial charge in [0.25, 0.3) is 0 Å². The quantitative estimate of drug-likeness (QED) is 0.694. The minimum Gasteiger partial charge on any atom is -0.303 e. The molecule has 0 N–H and O–H groups in total. The van der Waals surface area contributed by atoms with Crippen molar-refractivity contribution in [1.29, 1.82) is 5.26 Å². The Morgan fingerprint density at radius 2 is 1.93 bits per heavy atom. The van der Waals surface area contributed by atoms with Crippen LogP contribution in [0.3, 0.4) is 0 Å². The zero-order valence-electron chi connectivity index (χ0n) is 10.4. The van der Waals surface area contributed by atoms with E-state index in [-0.39, 0.29) is 5.41 Å². The predicted molar refractivity (Wildman–Crippen MR) is 63.5 cm³/mol. The summed E-state index contributed by atoms with van der Waals surface area (Å²) in [6, 6.07) is 3.18. The minimum absolute atomic E-state index is 0.142. The first-order chi connectivity index (χ1) is 7.05. The van der Waals surface area contributed by atoms with E-state index in [2.05, 4.69) is 18.0 Å². The second-order valence-corrected chi connectivity index (χ2v) is 5.52. The van der Waals surface area contributed by atoms with Crippen LogP contribution >= 0.6 is 0 Å². The molecule has 1 aliphatic carbocycles. The molecule has 2 heteroatoms. The summed E-state index contributed by atoms with van der Waals surface area (Å²) >= 11 is 0. The number of nitrogens with zero attached hydrogens (tertiary/aromatic N) is 2. The van der Waals surface area contributed by atoms with Gasteiger partial charge >= 0.3 is 0 Å². The Morgan fingerprint density at radius 1 is 1.33 bits per heavy atom. The van der Waals surface area contributed by atoms with Gasteiger partial charge in [0.2, 0.25) is 0 Å². The van der Waals surface area contributed by atoms with E-state index in [1.165, 1.54) is 25.7 Å². The van der Waals surface area contributed by atoms with Gasteiger partial charge in [-0.1, -0.05) is 12.8 Å². The maximum atomic E-state index is 8.91. The first-order valence-corrected chi connectivity index (χ1v) is 6.17. The van der Waals surface area contributed by atoms with Gasteiger partial charge in [0.1, 0.15) is 0 Å². The summed E-state index contributed by atoms with van der Waals surface area (Å²) in [5, 5.41) is 8.91. The lowest BCUT2D eigenvalue weighted by Crippen LogP contribution is -2.30. The second kappa shape index (κ2) is 5.51. The van der Waals surface area contributed by atoms with Crippen molar-refractivity contribution >= 4 is 0 Å². The van der Waals surface area contributed by atoms with Gasteiger partial charge in [-0.15, -0.1) is 0 Å². The maximum absolute atomic E-state index is 8.91. The van der Waals surface area contributed by atoms with Crippen molar-refractivity contribution < 1.29 is 0 Å². The molecule has 0 aromatic rings. The van der Waals surface area contributed by atoms with Gasteiger partial charge in [0.05, 0.1) is 11.5 Å². The molecule has 1 aliphatic rings. The summed E-state index contributed by atoms with van der Waals surface area (Å²) in [4.78, 5) is 2.49. The van der Waals surface area contributed by atoms with Crippen LogP contribution in [0.2, 0.25) is 0 Å². The Kier molecular flexibility index (Phi) is 4.60. The first-order valence-electron chi connectivity index (χ1n) is 6.17. The Bertz CT molecular complexity index is 221.